The van der Waals surface area contributed by atoms with Gasteiger partial charge in [0.25, 0.3) is 0 Å². The number of nitrogens with zero attached hydrogens (tertiary/aromatic N) is 1. The van der Waals surface area contributed by atoms with Crippen LogP contribution in [0.15, 0.2) is 12.3 Å². The van der Waals surface area contributed by atoms with Crippen LogP contribution in [0.1, 0.15) is 16.1 Å². The average Bonchev–Trinajstić information content (AvgIpc) is 2.45. The number of hydrogen-bond donors (Lipinski definition) is 1. The van der Waals surface area contributed by atoms with Crippen molar-refractivity contribution < 1.29 is 4.79 Å². The summed E-state index contributed by atoms with van der Waals surface area (Å²) in [5.41, 5.74) is 7.00. The molecule has 1 aromatic heterocycles. The third kappa shape index (κ3) is 1.77. The number of aromatic nitrogens is 1. The lowest BCUT2D eigenvalue weighted by Crippen LogP contribution is -2.03. The van der Waals surface area contributed by atoms with Crippen LogP contribution < -0.4 is 5.73 Å². The van der Waals surface area contributed by atoms with Crippen molar-refractivity contribution in [3.63, 3.8) is 0 Å². The zero-order chi connectivity index (χ0) is 8.27. The maximum absolute atomic E-state index is 10.4. The first kappa shape index (κ1) is 9.08. The second kappa shape index (κ2) is 4.13. The molecule has 3 nitrogen and oxygen atoms in total. The molecule has 1 rings (SSSR count). The van der Waals surface area contributed by atoms with E-state index in [1.807, 2.05) is 10.2 Å². The highest BCUT2D eigenvalue weighted by molar-refractivity contribution is 14.2. The molecule has 0 spiro atoms. The summed E-state index contributed by atoms with van der Waals surface area (Å²) in [5.74, 6) is 0. The molecular formula is C6H7IN2OS. The Morgan fingerprint density at radius 3 is 3.00 bits per heavy atom. The fourth-order valence-electron chi connectivity index (χ4n) is 0.841. The first-order valence-electron chi connectivity index (χ1n) is 2.98. The standard InChI is InChI=1S/C6H7IN2OS/c7-11-9-2-1-5(4-10)6(9)3-8/h1-2,4H,3,8H2. The topological polar surface area (TPSA) is 48.0 Å². The smallest absolute Gasteiger partial charge is 0.151 e. The van der Waals surface area contributed by atoms with Crippen molar-refractivity contribution in [2.24, 2.45) is 5.73 Å². The van der Waals surface area contributed by atoms with Gasteiger partial charge in [-0.25, -0.2) is 0 Å². The molecule has 0 unspecified atom stereocenters. The highest BCUT2D eigenvalue weighted by atomic mass is 127. The van der Waals surface area contributed by atoms with Crippen molar-refractivity contribution in [2.45, 2.75) is 6.54 Å². The van der Waals surface area contributed by atoms with Gasteiger partial charge in [-0.2, -0.15) is 0 Å². The van der Waals surface area contributed by atoms with E-state index in [1.165, 1.54) is 9.12 Å². The van der Waals surface area contributed by atoms with Crippen molar-refractivity contribution in [3.05, 3.63) is 23.5 Å². The van der Waals surface area contributed by atoms with Crippen LogP contribution in [0.2, 0.25) is 0 Å². The normalized spacial score (nSPS) is 10.0. The van der Waals surface area contributed by atoms with E-state index in [0.29, 0.717) is 12.1 Å². The van der Waals surface area contributed by atoms with Crippen LogP contribution in [0, 0.1) is 0 Å². The first-order chi connectivity index (χ1) is 5.33. The molecule has 0 radical (unpaired) electrons. The molecule has 5 heteroatoms. The highest BCUT2D eigenvalue weighted by Crippen LogP contribution is 2.20. The number of aldehydes is 1. The molecule has 0 bridgehead atoms. The molecule has 0 amide bonds. The molecule has 1 aromatic rings. The molecule has 2 N–H and O–H groups in total. The van der Waals surface area contributed by atoms with Gasteiger partial charge in [0.05, 0.1) is 5.69 Å². The Bertz CT molecular complexity index is 261. The summed E-state index contributed by atoms with van der Waals surface area (Å²) >= 11 is 2.14. The molecule has 1 heterocycles. The lowest BCUT2D eigenvalue weighted by atomic mass is 10.3. The van der Waals surface area contributed by atoms with E-state index in [2.05, 4.69) is 21.2 Å². The largest absolute Gasteiger partial charge is 0.325 e. The second-order valence-electron chi connectivity index (χ2n) is 1.93. The number of halogens is 1. The third-order valence-electron chi connectivity index (χ3n) is 1.38. The Morgan fingerprint density at radius 2 is 2.55 bits per heavy atom. The van der Waals surface area contributed by atoms with Crippen molar-refractivity contribution in [1.82, 2.24) is 3.97 Å². The van der Waals surface area contributed by atoms with Crippen LogP contribution in [0.25, 0.3) is 0 Å². The van der Waals surface area contributed by atoms with E-state index >= 15 is 0 Å². The molecule has 60 valence electrons. The summed E-state index contributed by atoms with van der Waals surface area (Å²) in [5, 5.41) is 0. The minimum Gasteiger partial charge on any atom is -0.325 e. The van der Waals surface area contributed by atoms with E-state index in [9.17, 15) is 4.79 Å². The quantitative estimate of drug-likeness (QED) is 0.676. The second-order valence-corrected chi connectivity index (χ2v) is 3.65. The summed E-state index contributed by atoms with van der Waals surface area (Å²) < 4.78 is 1.88. The van der Waals surface area contributed by atoms with Crippen LogP contribution >= 0.6 is 30.3 Å². The Kier molecular flexibility index (Phi) is 3.41. The summed E-state index contributed by atoms with van der Waals surface area (Å²) in [6, 6.07) is 1.76. The van der Waals surface area contributed by atoms with Crippen LogP contribution in [-0.2, 0) is 6.54 Å². The van der Waals surface area contributed by atoms with Crippen LogP contribution in [0.5, 0.6) is 0 Å². The fraction of sp³-hybridized carbons (Fsp3) is 0.167. The van der Waals surface area contributed by atoms with E-state index in [0.717, 1.165) is 12.0 Å². The highest BCUT2D eigenvalue weighted by Gasteiger charge is 2.05. The van der Waals surface area contributed by atoms with Gasteiger partial charge in [-0.05, 0) is 6.07 Å². The molecule has 0 aromatic carbocycles. The van der Waals surface area contributed by atoms with Crippen molar-refractivity contribution in [3.8, 4) is 0 Å². The minimum atomic E-state index is 0.400. The summed E-state index contributed by atoms with van der Waals surface area (Å²) in [4.78, 5) is 10.4. The van der Waals surface area contributed by atoms with Gasteiger partial charge in [0.1, 0.15) is 0 Å². The first-order valence-corrected chi connectivity index (χ1v) is 6.29. The third-order valence-corrected chi connectivity index (χ3v) is 3.15. The lowest BCUT2D eigenvalue weighted by molar-refractivity contribution is 0.112. The van der Waals surface area contributed by atoms with Crippen molar-refractivity contribution >= 4 is 36.6 Å². The van der Waals surface area contributed by atoms with Gasteiger partial charge in [-0.15, -0.1) is 0 Å². The number of carbonyl (C=O) groups excluding carboxylic acids is 1. The SMILES string of the molecule is NCc1c(C=O)ccn1SI. The molecule has 0 aliphatic heterocycles. The lowest BCUT2D eigenvalue weighted by Gasteiger charge is -2.00. The minimum absolute atomic E-state index is 0.400. The molecule has 0 saturated heterocycles. The van der Waals surface area contributed by atoms with Gasteiger partial charge in [-0.3, -0.25) is 8.77 Å². The van der Waals surface area contributed by atoms with Gasteiger partial charge < -0.3 is 5.73 Å². The summed E-state index contributed by atoms with van der Waals surface area (Å²) in [6.45, 7) is 0.400. The molecule has 11 heavy (non-hydrogen) atoms. The van der Waals surface area contributed by atoms with Gasteiger partial charge in [0, 0.05) is 48.6 Å². The number of carbonyl (C=O) groups is 1. The molecule has 0 aliphatic carbocycles. The van der Waals surface area contributed by atoms with E-state index in [1.54, 1.807) is 6.07 Å². The van der Waals surface area contributed by atoms with Gasteiger partial charge in [-0.1, -0.05) is 0 Å². The predicted molar refractivity (Wildman–Crippen MR) is 54.7 cm³/mol. The monoisotopic (exact) mass is 282 g/mol. The zero-order valence-electron chi connectivity index (χ0n) is 5.66. The van der Waals surface area contributed by atoms with Crippen LogP contribution in [0.4, 0.5) is 0 Å². The van der Waals surface area contributed by atoms with Gasteiger partial charge in [0.15, 0.2) is 6.29 Å². The maximum atomic E-state index is 10.4. The van der Waals surface area contributed by atoms with Gasteiger partial charge >= 0.3 is 0 Å². The maximum Gasteiger partial charge on any atom is 0.151 e. The van der Waals surface area contributed by atoms with Crippen molar-refractivity contribution in [1.29, 1.82) is 0 Å². The van der Waals surface area contributed by atoms with Crippen molar-refractivity contribution in [2.75, 3.05) is 0 Å². The number of hydrogen-bond acceptors (Lipinski definition) is 3. The van der Waals surface area contributed by atoms with Gasteiger partial charge in [0.2, 0.25) is 0 Å². The number of rotatable bonds is 3. The van der Waals surface area contributed by atoms with E-state index in [-0.39, 0.29) is 0 Å². The van der Waals surface area contributed by atoms with E-state index in [4.69, 9.17) is 5.73 Å². The Morgan fingerprint density at radius 1 is 1.82 bits per heavy atom. The predicted octanol–water partition coefficient (Wildman–Crippen LogP) is 1.61. The Balaban J connectivity index is 3.08. The van der Waals surface area contributed by atoms with Crippen LogP contribution in [0.3, 0.4) is 0 Å². The Hall–Kier alpha value is -0.0100. The zero-order valence-corrected chi connectivity index (χ0v) is 8.63. The van der Waals surface area contributed by atoms with E-state index < -0.39 is 0 Å². The van der Waals surface area contributed by atoms with Crippen LogP contribution in [-0.4, -0.2) is 10.3 Å². The number of nitrogens with two attached hydrogens (primary N) is 1. The molecule has 0 atom stereocenters. The average molecular weight is 282 g/mol. The Labute approximate surface area is 81.0 Å². The molecular weight excluding hydrogens is 275 g/mol. The molecule has 0 fully saturated rings. The fourth-order valence-corrected chi connectivity index (χ4v) is 2.32. The molecule has 0 saturated carbocycles. The summed E-state index contributed by atoms with van der Waals surface area (Å²) in [7, 11) is 1.50. The molecule has 0 aliphatic rings. The summed E-state index contributed by atoms with van der Waals surface area (Å²) in [6.07, 6.45) is 2.66.